The van der Waals surface area contributed by atoms with E-state index in [0.29, 0.717) is 42.6 Å². The van der Waals surface area contributed by atoms with Crippen molar-refractivity contribution in [2.45, 2.75) is 32.7 Å². The summed E-state index contributed by atoms with van der Waals surface area (Å²) in [5, 5.41) is 0. The summed E-state index contributed by atoms with van der Waals surface area (Å²) >= 11 is 0. The predicted octanol–water partition coefficient (Wildman–Crippen LogP) is 1.31. The van der Waals surface area contributed by atoms with E-state index in [0.717, 1.165) is 6.42 Å². The van der Waals surface area contributed by atoms with Crippen LogP contribution in [0.15, 0.2) is 40.1 Å². The third-order valence-electron chi connectivity index (χ3n) is 4.35. The number of aromatic amines is 1. The molecule has 0 bridgehead atoms. The van der Waals surface area contributed by atoms with Gasteiger partial charge in [0.15, 0.2) is 0 Å². The van der Waals surface area contributed by atoms with Crippen LogP contribution in [0, 0.1) is 6.92 Å². The van der Waals surface area contributed by atoms with Crippen molar-refractivity contribution in [2.75, 3.05) is 6.54 Å². The Hall–Kier alpha value is -2.96. The molecule has 1 N–H and O–H groups in total. The van der Waals surface area contributed by atoms with Gasteiger partial charge in [-0.15, -0.1) is 0 Å². The Morgan fingerprint density at radius 3 is 2.12 bits per heavy atom. The maximum Gasteiger partial charge on any atom is 0.328 e. The van der Waals surface area contributed by atoms with Crippen molar-refractivity contribution in [1.29, 1.82) is 0 Å². The summed E-state index contributed by atoms with van der Waals surface area (Å²) in [5.41, 5.74) is 0.624. The summed E-state index contributed by atoms with van der Waals surface area (Å²) in [6.45, 7) is 2.50. The normalized spacial score (nSPS) is 13.4. The first-order chi connectivity index (χ1) is 12.0. The first kappa shape index (κ1) is 16.9. The number of nitrogens with zero attached hydrogens (tertiary/aromatic N) is 2. The molecule has 2 heterocycles. The molecule has 1 aliphatic heterocycles. The molecule has 0 aliphatic carbocycles. The van der Waals surface area contributed by atoms with Crippen LogP contribution in [0.2, 0.25) is 0 Å². The molecule has 0 saturated heterocycles. The summed E-state index contributed by atoms with van der Waals surface area (Å²) < 4.78 is 1.47. The summed E-state index contributed by atoms with van der Waals surface area (Å²) in [5.74, 6) is -0.485. The van der Waals surface area contributed by atoms with Gasteiger partial charge < -0.3 is 4.57 Å². The van der Waals surface area contributed by atoms with E-state index < -0.39 is 5.69 Å². The second kappa shape index (κ2) is 6.88. The number of carbonyl (C=O) groups excluding carboxylic acids is 2. The first-order valence-corrected chi connectivity index (χ1v) is 8.24. The quantitative estimate of drug-likeness (QED) is 0.633. The molecule has 0 radical (unpaired) electrons. The summed E-state index contributed by atoms with van der Waals surface area (Å²) in [4.78, 5) is 51.0. The molecule has 2 aromatic rings. The number of aryl methyl sites for hydroxylation is 2. The van der Waals surface area contributed by atoms with Crippen LogP contribution in [0.5, 0.6) is 0 Å². The summed E-state index contributed by atoms with van der Waals surface area (Å²) in [6, 6.07) is 6.83. The van der Waals surface area contributed by atoms with Crippen molar-refractivity contribution in [3.05, 3.63) is 68.0 Å². The maximum absolute atomic E-state index is 12.2. The van der Waals surface area contributed by atoms with Crippen molar-refractivity contribution >= 4 is 11.8 Å². The minimum absolute atomic E-state index is 0.243. The average Bonchev–Trinajstić information content (AvgIpc) is 2.84. The minimum Gasteiger partial charge on any atom is -0.300 e. The molecule has 25 heavy (non-hydrogen) atoms. The fraction of sp³-hybridized carbons (Fsp3) is 0.333. The van der Waals surface area contributed by atoms with Gasteiger partial charge in [0, 0.05) is 24.8 Å². The Balaban J connectivity index is 1.51. The number of rotatable bonds is 6. The van der Waals surface area contributed by atoms with Gasteiger partial charge in [0.25, 0.3) is 17.4 Å². The molecular formula is C18H19N3O4. The molecule has 0 saturated carbocycles. The predicted molar refractivity (Wildman–Crippen MR) is 91.7 cm³/mol. The third-order valence-corrected chi connectivity index (χ3v) is 4.35. The molecule has 3 rings (SSSR count). The van der Waals surface area contributed by atoms with E-state index in [1.54, 1.807) is 37.4 Å². The lowest BCUT2D eigenvalue weighted by Crippen LogP contribution is -2.31. The third kappa shape index (κ3) is 3.31. The number of amides is 2. The van der Waals surface area contributed by atoms with Crippen LogP contribution >= 0.6 is 0 Å². The smallest absolute Gasteiger partial charge is 0.300 e. The molecule has 7 heteroatoms. The van der Waals surface area contributed by atoms with Gasteiger partial charge in [0.1, 0.15) is 0 Å². The Morgan fingerprint density at radius 2 is 1.48 bits per heavy atom. The van der Waals surface area contributed by atoms with Crippen molar-refractivity contribution in [2.24, 2.45) is 0 Å². The fourth-order valence-corrected chi connectivity index (χ4v) is 2.96. The van der Waals surface area contributed by atoms with Gasteiger partial charge in [0.05, 0.1) is 11.1 Å². The zero-order valence-corrected chi connectivity index (χ0v) is 13.9. The van der Waals surface area contributed by atoms with Crippen LogP contribution in [0.1, 0.15) is 45.5 Å². The molecule has 130 valence electrons. The van der Waals surface area contributed by atoms with E-state index in [1.807, 2.05) is 0 Å². The van der Waals surface area contributed by atoms with E-state index in [1.165, 1.54) is 9.47 Å². The van der Waals surface area contributed by atoms with E-state index in [-0.39, 0.29) is 17.4 Å². The molecule has 0 fully saturated rings. The number of benzene rings is 1. The number of imide groups is 1. The van der Waals surface area contributed by atoms with Crippen molar-refractivity contribution in [3.8, 4) is 0 Å². The highest BCUT2D eigenvalue weighted by Gasteiger charge is 2.34. The van der Waals surface area contributed by atoms with Crippen LogP contribution in [0.3, 0.4) is 0 Å². The molecule has 0 spiro atoms. The molecule has 1 aliphatic rings. The number of aromatic nitrogens is 2. The number of H-pyrrole nitrogens is 1. The second-order valence-electron chi connectivity index (χ2n) is 6.13. The van der Waals surface area contributed by atoms with Gasteiger partial charge in [-0.3, -0.25) is 24.3 Å². The van der Waals surface area contributed by atoms with Crippen LogP contribution in [0.25, 0.3) is 0 Å². The highest BCUT2D eigenvalue weighted by atomic mass is 16.2. The summed E-state index contributed by atoms with van der Waals surface area (Å²) in [7, 11) is 0. The lowest BCUT2D eigenvalue weighted by molar-refractivity contribution is 0.0651. The van der Waals surface area contributed by atoms with Gasteiger partial charge >= 0.3 is 5.69 Å². The summed E-state index contributed by atoms with van der Waals surface area (Å²) in [6.07, 6.45) is 3.69. The molecule has 1 aromatic carbocycles. The van der Waals surface area contributed by atoms with Gasteiger partial charge in [-0.1, -0.05) is 12.1 Å². The van der Waals surface area contributed by atoms with Crippen LogP contribution in [-0.2, 0) is 6.54 Å². The molecular weight excluding hydrogens is 322 g/mol. The van der Waals surface area contributed by atoms with Crippen molar-refractivity contribution in [3.63, 3.8) is 0 Å². The first-order valence-electron chi connectivity index (χ1n) is 8.24. The van der Waals surface area contributed by atoms with E-state index >= 15 is 0 Å². The van der Waals surface area contributed by atoms with Crippen LogP contribution < -0.4 is 11.2 Å². The largest absolute Gasteiger partial charge is 0.328 e. The van der Waals surface area contributed by atoms with Crippen molar-refractivity contribution < 1.29 is 9.59 Å². The Morgan fingerprint density at radius 1 is 0.880 bits per heavy atom. The minimum atomic E-state index is -0.420. The number of unbranched alkanes of at least 4 members (excludes halogenated alkanes) is 2. The zero-order valence-electron chi connectivity index (χ0n) is 13.9. The molecule has 0 atom stereocenters. The Kier molecular flexibility index (Phi) is 4.65. The zero-order chi connectivity index (χ0) is 18.0. The Labute approximate surface area is 143 Å². The number of hydrogen-bond acceptors (Lipinski definition) is 4. The lowest BCUT2D eigenvalue weighted by atomic mass is 10.1. The molecule has 2 amide bonds. The van der Waals surface area contributed by atoms with Crippen molar-refractivity contribution in [1.82, 2.24) is 14.5 Å². The fourth-order valence-electron chi connectivity index (χ4n) is 2.96. The van der Waals surface area contributed by atoms with Gasteiger partial charge in [-0.05, 0) is 38.3 Å². The van der Waals surface area contributed by atoms with Gasteiger partial charge in [-0.2, -0.15) is 0 Å². The number of carbonyl (C=O) groups is 2. The number of fused-ring (bicyclic) bond motifs is 1. The maximum atomic E-state index is 12.2. The van der Waals surface area contributed by atoms with Gasteiger partial charge in [0.2, 0.25) is 0 Å². The monoisotopic (exact) mass is 341 g/mol. The number of hydrogen-bond donors (Lipinski definition) is 1. The second-order valence-corrected chi connectivity index (χ2v) is 6.13. The van der Waals surface area contributed by atoms with E-state index in [9.17, 15) is 19.2 Å². The number of nitrogens with one attached hydrogen (secondary N) is 1. The highest BCUT2D eigenvalue weighted by molar-refractivity contribution is 6.21. The average molecular weight is 341 g/mol. The van der Waals surface area contributed by atoms with E-state index in [2.05, 4.69) is 4.98 Å². The SMILES string of the molecule is Cc1cn(CCCCCN2C(=O)c3ccccc3C2=O)c(=O)[nH]c1=O. The molecule has 0 unspecified atom stereocenters. The van der Waals surface area contributed by atoms with Gasteiger partial charge in [-0.25, -0.2) is 4.79 Å². The van der Waals surface area contributed by atoms with Crippen LogP contribution in [-0.4, -0.2) is 32.8 Å². The Bertz CT molecular complexity index is 907. The lowest BCUT2D eigenvalue weighted by Gasteiger charge is -2.13. The van der Waals surface area contributed by atoms with Crippen LogP contribution in [0.4, 0.5) is 0 Å². The molecule has 1 aromatic heterocycles. The standard InChI is InChI=1S/C18H19N3O4/c1-12-11-20(18(25)19-15(12)22)9-5-2-6-10-21-16(23)13-7-3-4-8-14(13)17(21)24/h3-4,7-8,11H,2,5-6,9-10H2,1H3,(H,19,22,25). The highest BCUT2D eigenvalue weighted by Crippen LogP contribution is 2.22. The van der Waals surface area contributed by atoms with E-state index in [4.69, 9.17) is 0 Å². The molecule has 7 nitrogen and oxygen atoms in total. The topological polar surface area (TPSA) is 92.2 Å².